The summed E-state index contributed by atoms with van der Waals surface area (Å²) in [6, 6.07) is 17.5. The highest BCUT2D eigenvalue weighted by atomic mass is 16.7. The minimum atomic E-state index is -1.45. The van der Waals surface area contributed by atoms with Gasteiger partial charge in [0.05, 0.1) is 35.0 Å². The molecule has 7 atom stereocenters. The van der Waals surface area contributed by atoms with Gasteiger partial charge in [-0.15, -0.1) is 0 Å². The number of esters is 1. The van der Waals surface area contributed by atoms with Crippen LogP contribution >= 0.6 is 0 Å². The van der Waals surface area contributed by atoms with E-state index in [1.54, 1.807) is 48.4 Å². The average molecular weight is 826 g/mol. The van der Waals surface area contributed by atoms with E-state index in [-0.39, 0.29) is 37.9 Å². The molecule has 0 radical (unpaired) electrons. The minimum Gasteiger partial charge on any atom is -0.496 e. The molecule has 0 aliphatic carbocycles. The first-order valence-electron chi connectivity index (χ1n) is 20.3. The fourth-order valence-corrected chi connectivity index (χ4v) is 9.82. The van der Waals surface area contributed by atoms with Crippen LogP contribution in [0.1, 0.15) is 79.7 Å². The van der Waals surface area contributed by atoms with Gasteiger partial charge >= 0.3 is 5.97 Å². The van der Waals surface area contributed by atoms with Crippen LogP contribution < -0.4 is 47.4 Å². The van der Waals surface area contributed by atoms with E-state index in [2.05, 4.69) is 23.1 Å². The van der Waals surface area contributed by atoms with E-state index in [0.29, 0.717) is 70.6 Å². The van der Waals surface area contributed by atoms with Crippen LogP contribution in [0.25, 0.3) is 0 Å². The SMILES string of the molecule is CCOC(=O)C1C(c2cc(OC)c(OC)c(OC)c2)c2cc3c(cc2OC1(C)N1CCC(c2ccc(C4c5cc6c(cc5OC(C)(O)C4C)OCO6)c(OC)c2)C1)OCO3. The number of benzene rings is 4. The first-order valence-corrected chi connectivity index (χ1v) is 20.3. The number of hydrogen-bond donors (Lipinski definition) is 1. The normalized spacial score (nSPS) is 27.2. The zero-order chi connectivity index (χ0) is 42.1. The Morgan fingerprint density at radius 2 is 1.28 bits per heavy atom. The zero-order valence-corrected chi connectivity index (χ0v) is 35.1. The standard InChI is InChI=1S/C46H51NO13/c1-9-54-44(48)42-41(27-15-38(51-6)43(53-8)39(16-27)52-7)30-18-35-36(57-23-56-35)19-32(30)59-45(42,3)47-13-12-26(21-47)25-10-11-28(31(14-25)50-5)40-24(2)46(4,49)60-33-20-37-34(17-29(33)40)55-22-58-37/h10-11,14-20,24,26,40-42,49H,9,12-13,21-23H2,1-8H3. The first kappa shape index (κ1) is 39.7. The van der Waals surface area contributed by atoms with Gasteiger partial charge in [-0.3, -0.25) is 9.69 Å². The monoisotopic (exact) mass is 825 g/mol. The summed E-state index contributed by atoms with van der Waals surface area (Å²) in [7, 11) is 6.36. The summed E-state index contributed by atoms with van der Waals surface area (Å²) in [5, 5.41) is 11.5. The Balaban J connectivity index is 1.09. The van der Waals surface area contributed by atoms with Crippen LogP contribution in [-0.2, 0) is 9.53 Å². The summed E-state index contributed by atoms with van der Waals surface area (Å²) in [5.74, 6) is 1.66. The van der Waals surface area contributed by atoms with E-state index < -0.39 is 29.3 Å². The van der Waals surface area contributed by atoms with Crippen LogP contribution in [0.3, 0.4) is 0 Å². The van der Waals surface area contributed by atoms with Crippen LogP contribution in [0.15, 0.2) is 54.6 Å². The summed E-state index contributed by atoms with van der Waals surface area (Å²) in [4.78, 5) is 16.8. The van der Waals surface area contributed by atoms with Crippen molar-refractivity contribution in [2.45, 2.75) is 63.4 Å². The van der Waals surface area contributed by atoms with Crippen LogP contribution in [0.2, 0.25) is 0 Å². The van der Waals surface area contributed by atoms with Gasteiger partial charge < -0.3 is 57.2 Å². The molecule has 4 aromatic carbocycles. The lowest BCUT2D eigenvalue weighted by molar-refractivity contribution is -0.174. The second kappa shape index (κ2) is 15.1. The molecule has 5 aliphatic heterocycles. The molecule has 0 bridgehead atoms. The van der Waals surface area contributed by atoms with Gasteiger partial charge in [0, 0.05) is 66.6 Å². The van der Waals surface area contributed by atoms with E-state index >= 15 is 0 Å². The molecule has 318 valence electrons. The third kappa shape index (κ3) is 6.34. The van der Waals surface area contributed by atoms with Gasteiger partial charge in [-0.25, -0.2) is 0 Å². The van der Waals surface area contributed by atoms with Crippen molar-refractivity contribution in [3.63, 3.8) is 0 Å². The highest BCUT2D eigenvalue weighted by molar-refractivity contribution is 5.78. The molecule has 0 aromatic heterocycles. The molecule has 0 amide bonds. The number of rotatable bonds is 10. The summed E-state index contributed by atoms with van der Waals surface area (Å²) >= 11 is 0. The van der Waals surface area contributed by atoms with Gasteiger partial charge in [-0.2, -0.15) is 0 Å². The van der Waals surface area contributed by atoms with Gasteiger partial charge in [0.2, 0.25) is 25.1 Å². The lowest BCUT2D eigenvalue weighted by Gasteiger charge is -2.50. The van der Waals surface area contributed by atoms with Gasteiger partial charge in [0.25, 0.3) is 0 Å². The van der Waals surface area contributed by atoms with Crippen molar-refractivity contribution in [3.8, 4) is 57.5 Å². The van der Waals surface area contributed by atoms with Gasteiger partial charge in [-0.05, 0) is 67.6 Å². The Hall–Kier alpha value is -5.73. The predicted octanol–water partition coefficient (Wildman–Crippen LogP) is 6.96. The molecule has 0 spiro atoms. The van der Waals surface area contributed by atoms with Crippen LogP contribution in [0, 0.1) is 11.8 Å². The van der Waals surface area contributed by atoms with Crippen molar-refractivity contribution >= 4 is 5.97 Å². The lowest BCUT2D eigenvalue weighted by Crippen LogP contribution is -2.61. The molecule has 5 aliphatic rings. The Labute approximate surface area is 349 Å². The lowest BCUT2D eigenvalue weighted by atomic mass is 9.72. The number of nitrogens with zero attached hydrogens (tertiary/aromatic N) is 1. The van der Waals surface area contributed by atoms with Crippen molar-refractivity contribution < 1.29 is 62.0 Å². The van der Waals surface area contributed by atoms with Gasteiger partial charge in [0.15, 0.2) is 40.2 Å². The van der Waals surface area contributed by atoms with E-state index in [1.165, 1.54) is 0 Å². The number of methoxy groups -OCH3 is 4. The van der Waals surface area contributed by atoms with E-state index in [9.17, 15) is 9.90 Å². The third-order valence-electron chi connectivity index (χ3n) is 13.0. The van der Waals surface area contributed by atoms with Crippen LogP contribution in [-0.4, -0.2) is 89.2 Å². The highest BCUT2D eigenvalue weighted by Crippen LogP contribution is 2.57. The molecule has 0 saturated carbocycles. The number of likely N-dealkylation sites (tertiary alicyclic amines) is 1. The van der Waals surface area contributed by atoms with Crippen molar-refractivity contribution in [3.05, 3.63) is 82.4 Å². The Kier molecular flexibility index (Phi) is 9.98. The predicted molar refractivity (Wildman–Crippen MR) is 216 cm³/mol. The molecule has 4 aromatic rings. The molecule has 5 heterocycles. The number of fused-ring (bicyclic) bond motifs is 4. The number of hydrogen-bond acceptors (Lipinski definition) is 14. The Bertz CT molecular complexity index is 2300. The first-order chi connectivity index (χ1) is 28.9. The summed E-state index contributed by atoms with van der Waals surface area (Å²) in [5.41, 5.74) is 3.18. The van der Waals surface area contributed by atoms with E-state index in [0.717, 1.165) is 34.2 Å². The molecule has 1 N–H and O–H groups in total. The quantitative estimate of drug-likeness (QED) is 0.165. The van der Waals surface area contributed by atoms with Crippen molar-refractivity contribution in [1.29, 1.82) is 0 Å². The molecule has 14 nitrogen and oxygen atoms in total. The third-order valence-corrected chi connectivity index (χ3v) is 13.0. The molecule has 7 unspecified atom stereocenters. The maximum Gasteiger partial charge on any atom is 0.315 e. The molecule has 1 fully saturated rings. The maximum absolute atomic E-state index is 14.5. The van der Waals surface area contributed by atoms with Crippen molar-refractivity contribution in [1.82, 2.24) is 4.90 Å². The maximum atomic E-state index is 14.5. The Morgan fingerprint density at radius 1 is 0.717 bits per heavy atom. The number of carbonyl (C=O) groups is 1. The van der Waals surface area contributed by atoms with E-state index in [1.807, 2.05) is 44.2 Å². The minimum absolute atomic E-state index is 0.0605. The van der Waals surface area contributed by atoms with E-state index in [4.69, 9.17) is 52.1 Å². The molecular formula is C46H51NO13. The summed E-state index contributed by atoms with van der Waals surface area (Å²) in [6.45, 7) is 9.02. The molecule has 9 rings (SSSR count). The van der Waals surface area contributed by atoms with Gasteiger partial charge in [0.1, 0.15) is 23.2 Å². The number of ether oxygens (including phenoxy) is 11. The molecular weight excluding hydrogens is 775 g/mol. The smallest absolute Gasteiger partial charge is 0.315 e. The second-order valence-electron chi connectivity index (χ2n) is 16.2. The highest BCUT2D eigenvalue weighted by Gasteiger charge is 2.57. The van der Waals surface area contributed by atoms with Crippen molar-refractivity contribution in [2.75, 3.05) is 61.7 Å². The molecule has 60 heavy (non-hydrogen) atoms. The zero-order valence-electron chi connectivity index (χ0n) is 35.1. The van der Waals surface area contributed by atoms with Crippen molar-refractivity contribution in [2.24, 2.45) is 11.8 Å². The van der Waals surface area contributed by atoms with Crippen LogP contribution in [0.5, 0.6) is 57.5 Å². The number of aliphatic hydroxyl groups is 1. The molecule has 1 saturated heterocycles. The second-order valence-corrected chi connectivity index (χ2v) is 16.2. The summed E-state index contributed by atoms with van der Waals surface area (Å²) < 4.78 is 65.5. The topological polar surface area (TPSA) is 142 Å². The van der Waals surface area contributed by atoms with Crippen LogP contribution in [0.4, 0.5) is 0 Å². The largest absolute Gasteiger partial charge is 0.496 e. The average Bonchev–Trinajstić information content (AvgIpc) is 4.03. The Morgan fingerprint density at radius 3 is 1.87 bits per heavy atom. The fourth-order valence-electron chi connectivity index (χ4n) is 9.82. The number of carbonyl (C=O) groups excluding carboxylic acids is 1. The molecule has 14 heteroatoms. The fraction of sp³-hybridized carbons (Fsp3) is 0.457. The van der Waals surface area contributed by atoms with Gasteiger partial charge in [-0.1, -0.05) is 19.1 Å². The summed E-state index contributed by atoms with van der Waals surface area (Å²) in [6.07, 6.45) is 0.786.